The van der Waals surface area contributed by atoms with E-state index in [0.29, 0.717) is 5.92 Å². The number of hydrogen-bond donors (Lipinski definition) is 0. The molecule has 0 aliphatic rings. The molecule has 0 saturated carbocycles. The average Bonchev–Trinajstić information content (AvgIpc) is 2.74. The summed E-state index contributed by atoms with van der Waals surface area (Å²) in [6.45, 7) is 6.64. The lowest BCUT2D eigenvalue weighted by atomic mass is 9.86. The van der Waals surface area contributed by atoms with E-state index in [1.165, 1.54) is 16.7 Å². The highest BCUT2D eigenvalue weighted by Gasteiger charge is 2.14. The Balaban J connectivity index is 0.000000352. The van der Waals surface area contributed by atoms with Crippen molar-refractivity contribution in [3.8, 4) is 0 Å². The van der Waals surface area contributed by atoms with E-state index in [1.54, 1.807) is 0 Å². The second-order valence-electron chi connectivity index (χ2n) is 6.55. The highest BCUT2D eigenvalue weighted by atomic mass is 15.1. The van der Waals surface area contributed by atoms with E-state index < -0.39 is 0 Å². The molecule has 0 N–H and O–H groups in total. The predicted octanol–water partition coefficient (Wildman–Crippen LogP) is 6.02. The highest BCUT2D eigenvalue weighted by molar-refractivity contribution is 5.34. The van der Waals surface area contributed by atoms with Crippen LogP contribution >= 0.6 is 0 Å². The number of benzene rings is 3. The lowest BCUT2D eigenvalue weighted by Gasteiger charge is -2.18. The van der Waals surface area contributed by atoms with Gasteiger partial charge in [0.1, 0.15) is 0 Å². The minimum Gasteiger partial charge on any atom is -0.307 e. The van der Waals surface area contributed by atoms with Crippen molar-refractivity contribution < 1.29 is 0 Å². The van der Waals surface area contributed by atoms with Gasteiger partial charge >= 0.3 is 0 Å². The zero-order chi connectivity index (χ0) is 18.6. The Kier molecular flexibility index (Phi) is 8.65. The molecule has 0 saturated heterocycles. The Bertz CT molecular complexity index is 663. The second kappa shape index (κ2) is 11.3. The topological polar surface area (TPSA) is 3.24 Å². The van der Waals surface area contributed by atoms with Gasteiger partial charge in [0, 0.05) is 5.92 Å². The van der Waals surface area contributed by atoms with Gasteiger partial charge in [-0.3, -0.25) is 0 Å². The van der Waals surface area contributed by atoms with E-state index in [0.717, 1.165) is 19.5 Å². The lowest BCUT2D eigenvalue weighted by molar-refractivity contribution is 0.373. The molecule has 0 spiro atoms. The van der Waals surface area contributed by atoms with Crippen molar-refractivity contribution in [1.29, 1.82) is 0 Å². The highest BCUT2D eigenvalue weighted by Crippen LogP contribution is 2.28. The van der Waals surface area contributed by atoms with Gasteiger partial charge in [-0.15, -0.1) is 0 Å². The van der Waals surface area contributed by atoms with Crippen LogP contribution in [0.15, 0.2) is 91.0 Å². The molecule has 3 rings (SSSR count). The maximum atomic E-state index is 2.25. The summed E-state index contributed by atoms with van der Waals surface area (Å²) >= 11 is 0. The first-order chi connectivity index (χ1) is 12.7. The summed E-state index contributed by atoms with van der Waals surface area (Å²) in [4.78, 5) is 2.25. The van der Waals surface area contributed by atoms with Crippen LogP contribution in [-0.4, -0.2) is 25.0 Å². The summed E-state index contributed by atoms with van der Waals surface area (Å²) in [6, 6.07) is 32.2. The molecule has 3 aromatic carbocycles. The Morgan fingerprint density at radius 1 is 0.615 bits per heavy atom. The SMILES string of the molecule is CCN(C)CC.c1ccc(CC(c2ccccc2)c2ccccc2)cc1. The van der Waals surface area contributed by atoms with Gasteiger partial charge in [0.25, 0.3) is 0 Å². The first-order valence-electron chi connectivity index (χ1n) is 9.57. The first kappa shape index (κ1) is 19.9. The fourth-order valence-corrected chi connectivity index (χ4v) is 2.87. The van der Waals surface area contributed by atoms with Crippen LogP contribution in [0.4, 0.5) is 0 Å². The summed E-state index contributed by atoms with van der Waals surface area (Å²) in [6.07, 6.45) is 1.04. The van der Waals surface area contributed by atoms with Crippen molar-refractivity contribution in [1.82, 2.24) is 4.90 Å². The molecule has 0 aliphatic heterocycles. The molecular weight excluding hydrogens is 314 g/mol. The minimum absolute atomic E-state index is 0.416. The third-order valence-electron chi connectivity index (χ3n) is 4.77. The summed E-state index contributed by atoms with van der Waals surface area (Å²) < 4.78 is 0. The van der Waals surface area contributed by atoms with Gasteiger partial charge in [0.2, 0.25) is 0 Å². The lowest BCUT2D eigenvalue weighted by Crippen LogP contribution is -2.15. The molecule has 3 aromatic rings. The monoisotopic (exact) mass is 345 g/mol. The average molecular weight is 346 g/mol. The second-order valence-corrected chi connectivity index (χ2v) is 6.55. The molecule has 0 fully saturated rings. The van der Waals surface area contributed by atoms with Gasteiger partial charge in [0.15, 0.2) is 0 Å². The summed E-state index contributed by atoms with van der Waals surface area (Å²) in [5.41, 5.74) is 4.13. The van der Waals surface area contributed by atoms with Crippen LogP contribution in [0.1, 0.15) is 36.5 Å². The minimum atomic E-state index is 0.416. The van der Waals surface area contributed by atoms with Crippen LogP contribution in [0, 0.1) is 0 Å². The third-order valence-corrected chi connectivity index (χ3v) is 4.77. The van der Waals surface area contributed by atoms with Crippen molar-refractivity contribution in [2.45, 2.75) is 26.2 Å². The molecule has 0 unspecified atom stereocenters. The van der Waals surface area contributed by atoms with E-state index in [-0.39, 0.29) is 0 Å². The molecule has 0 bridgehead atoms. The Morgan fingerprint density at radius 3 is 1.35 bits per heavy atom. The van der Waals surface area contributed by atoms with Crippen LogP contribution < -0.4 is 0 Å². The van der Waals surface area contributed by atoms with Crippen LogP contribution in [0.5, 0.6) is 0 Å². The van der Waals surface area contributed by atoms with Crippen LogP contribution in [0.3, 0.4) is 0 Å². The molecular formula is C25H31N. The van der Waals surface area contributed by atoms with E-state index in [9.17, 15) is 0 Å². The number of hydrogen-bond acceptors (Lipinski definition) is 1. The van der Waals surface area contributed by atoms with E-state index in [2.05, 4.69) is 117 Å². The van der Waals surface area contributed by atoms with E-state index in [4.69, 9.17) is 0 Å². The van der Waals surface area contributed by atoms with Gasteiger partial charge in [-0.25, -0.2) is 0 Å². The van der Waals surface area contributed by atoms with Gasteiger partial charge in [-0.1, -0.05) is 105 Å². The van der Waals surface area contributed by atoms with Crippen molar-refractivity contribution in [2.24, 2.45) is 0 Å². The maximum absolute atomic E-state index is 2.25. The smallest absolute Gasteiger partial charge is 0.0130 e. The first-order valence-corrected chi connectivity index (χ1v) is 9.57. The van der Waals surface area contributed by atoms with Gasteiger partial charge in [-0.2, -0.15) is 0 Å². The van der Waals surface area contributed by atoms with Gasteiger partial charge < -0.3 is 4.90 Å². The van der Waals surface area contributed by atoms with E-state index >= 15 is 0 Å². The molecule has 0 aliphatic carbocycles. The quantitative estimate of drug-likeness (QED) is 0.528. The zero-order valence-corrected chi connectivity index (χ0v) is 16.3. The molecule has 26 heavy (non-hydrogen) atoms. The number of nitrogens with zero attached hydrogens (tertiary/aromatic N) is 1. The van der Waals surface area contributed by atoms with Crippen molar-refractivity contribution in [2.75, 3.05) is 20.1 Å². The molecule has 136 valence electrons. The van der Waals surface area contributed by atoms with Crippen LogP contribution in [-0.2, 0) is 6.42 Å². The molecule has 1 heteroatoms. The molecule has 0 aromatic heterocycles. The van der Waals surface area contributed by atoms with E-state index in [1.807, 2.05) is 0 Å². The Labute approximate surface area is 159 Å². The maximum Gasteiger partial charge on any atom is 0.0130 e. The van der Waals surface area contributed by atoms with Gasteiger partial charge in [-0.05, 0) is 43.2 Å². The van der Waals surface area contributed by atoms with Crippen LogP contribution in [0.2, 0.25) is 0 Å². The molecule has 0 amide bonds. The number of rotatable bonds is 6. The van der Waals surface area contributed by atoms with Crippen LogP contribution in [0.25, 0.3) is 0 Å². The molecule has 0 atom stereocenters. The largest absolute Gasteiger partial charge is 0.307 e. The van der Waals surface area contributed by atoms with Crippen molar-refractivity contribution >= 4 is 0 Å². The third kappa shape index (κ3) is 6.50. The van der Waals surface area contributed by atoms with Gasteiger partial charge in [0.05, 0.1) is 0 Å². The fraction of sp³-hybridized carbons (Fsp3) is 0.280. The summed E-state index contributed by atoms with van der Waals surface area (Å²) in [5, 5.41) is 0. The molecule has 1 nitrogen and oxygen atoms in total. The standard InChI is InChI=1S/C20H18.C5H13N/c1-4-10-17(11-5-1)16-20(18-12-6-2-7-13-18)19-14-8-3-9-15-19;1-4-6(3)5-2/h1-15,20H,16H2;4-5H2,1-3H3. The summed E-state index contributed by atoms with van der Waals surface area (Å²) in [5.74, 6) is 0.416. The Morgan fingerprint density at radius 2 is 1.00 bits per heavy atom. The fourth-order valence-electron chi connectivity index (χ4n) is 2.87. The Hall–Kier alpha value is -2.38. The molecule has 0 heterocycles. The zero-order valence-electron chi connectivity index (χ0n) is 16.3. The predicted molar refractivity (Wildman–Crippen MR) is 114 cm³/mol. The molecule has 0 radical (unpaired) electrons. The van der Waals surface area contributed by atoms with Crippen molar-refractivity contribution in [3.05, 3.63) is 108 Å². The normalized spacial score (nSPS) is 10.5. The van der Waals surface area contributed by atoms with Crippen molar-refractivity contribution in [3.63, 3.8) is 0 Å². The summed E-state index contributed by atoms with van der Waals surface area (Å²) in [7, 11) is 2.11.